The second-order valence-corrected chi connectivity index (χ2v) is 9.14. The number of hydrogen-bond donors (Lipinski definition) is 1. The molecule has 3 aromatic carbocycles. The van der Waals surface area contributed by atoms with Crippen LogP contribution in [0.25, 0.3) is 0 Å². The molecule has 2 aliphatic heterocycles. The van der Waals surface area contributed by atoms with Gasteiger partial charge in [0.05, 0.1) is 0 Å². The lowest BCUT2D eigenvalue weighted by Crippen LogP contribution is -2.48. The SMILES string of the molecule is NCC1CCCN(CC2(CCc3ccccc3)c3ccccc3Oc3ccccc32)C1. The molecule has 1 atom stereocenters. The number of nitrogens with zero attached hydrogens (tertiary/aromatic N) is 1. The Morgan fingerprint density at radius 1 is 0.871 bits per heavy atom. The van der Waals surface area contributed by atoms with Gasteiger partial charge in [-0.05, 0) is 62.4 Å². The number of benzene rings is 3. The van der Waals surface area contributed by atoms with Gasteiger partial charge in [0.1, 0.15) is 11.5 Å². The molecule has 2 aliphatic rings. The van der Waals surface area contributed by atoms with Crippen molar-refractivity contribution in [1.82, 2.24) is 4.90 Å². The maximum atomic E-state index is 6.38. The molecule has 0 radical (unpaired) electrons. The molecule has 0 amide bonds. The number of piperidine rings is 1. The molecule has 5 rings (SSSR count). The molecule has 1 fully saturated rings. The first kappa shape index (κ1) is 20.3. The van der Waals surface area contributed by atoms with Gasteiger partial charge < -0.3 is 15.4 Å². The topological polar surface area (TPSA) is 38.5 Å². The minimum Gasteiger partial charge on any atom is -0.457 e. The normalized spacial score (nSPS) is 19.8. The molecule has 2 N–H and O–H groups in total. The van der Waals surface area contributed by atoms with Crippen LogP contribution in [0.1, 0.15) is 36.0 Å². The molecular formula is C28H32N2O. The Kier molecular flexibility index (Phi) is 5.80. The average molecular weight is 413 g/mol. The third-order valence-electron chi connectivity index (χ3n) is 7.14. The molecule has 3 aromatic rings. The van der Waals surface area contributed by atoms with Crippen LogP contribution in [0, 0.1) is 5.92 Å². The molecule has 0 bridgehead atoms. The van der Waals surface area contributed by atoms with Gasteiger partial charge in [-0.2, -0.15) is 0 Å². The summed E-state index contributed by atoms with van der Waals surface area (Å²) in [6.45, 7) is 4.03. The predicted molar refractivity (Wildman–Crippen MR) is 127 cm³/mol. The molecule has 1 unspecified atom stereocenters. The van der Waals surface area contributed by atoms with Crippen molar-refractivity contribution in [2.45, 2.75) is 31.1 Å². The molecule has 0 saturated carbocycles. The van der Waals surface area contributed by atoms with E-state index in [0.717, 1.165) is 50.5 Å². The summed E-state index contributed by atoms with van der Waals surface area (Å²) in [7, 11) is 0. The first-order valence-corrected chi connectivity index (χ1v) is 11.6. The van der Waals surface area contributed by atoms with Crippen molar-refractivity contribution in [2.24, 2.45) is 11.7 Å². The lowest BCUT2D eigenvalue weighted by Gasteiger charge is -2.45. The Balaban J connectivity index is 1.58. The molecule has 1 saturated heterocycles. The maximum Gasteiger partial charge on any atom is 0.131 e. The Morgan fingerprint density at radius 2 is 1.52 bits per heavy atom. The fourth-order valence-electron chi connectivity index (χ4n) is 5.56. The van der Waals surface area contributed by atoms with Gasteiger partial charge in [0, 0.05) is 29.6 Å². The summed E-state index contributed by atoms with van der Waals surface area (Å²) in [4.78, 5) is 2.66. The number of rotatable bonds is 6. The summed E-state index contributed by atoms with van der Waals surface area (Å²) in [5, 5.41) is 0. The van der Waals surface area contributed by atoms with Gasteiger partial charge in [-0.25, -0.2) is 0 Å². The van der Waals surface area contributed by atoms with Crippen LogP contribution < -0.4 is 10.5 Å². The summed E-state index contributed by atoms with van der Waals surface area (Å²) < 4.78 is 6.38. The number of aryl methyl sites for hydroxylation is 1. The number of nitrogens with two attached hydrogens (primary N) is 1. The molecule has 0 aromatic heterocycles. The van der Waals surface area contributed by atoms with Crippen molar-refractivity contribution in [2.75, 3.05) is 26.2 Å². The van der Waals surface area contributed by atoms with Crippen molar-refractivity contribution in [3.63, 3.8) is 0 Å². The van der Waals surface area contributed by atoms with Crippen LogP contribution >= 0.6 is 0 Å². The van der Waals surface area contributed by atoms with Gasteiger partial charge in [-0.15, -0.1) is 0 Å². The second-order valence-electron chi connectivity index (χ2n) is 9.14. The van der Waals surface area contributed by atoms with Gasteiger partial charge in [0.25, 0.3) is 0 Å². The van der Waals surface area contributed by atoms with E-state index in [-0.39, 0.29) is 5.41 Å². The van der Waals surface area contributed by atoms with Gasteiger partial charge in [-0.1, -0.05) is 66.7 Å². The molecule has 160 valence electrons. The van der Waals surface area contributed by atoms with Gasteiger partial charge in [0.15, 0.2) is 0 Å². The second kappa shape index (κ2) is 8.86. The van der Waals surface area contributed by atoms with E-state index < -0.39 is 0 Å². The third kappa shape index (κ3) is 4.00. The van der Waals surface area contributed by atoms with Crippen LogP contribution in [0.5, 0.6) is 11.5 Å². The van der Waals surface area contributed by atoms with E-state index in [2.05, 4.69) is 83.8 Å². The summed E-state index contributed by atoms with van der Waals surface area (Å²) in [6, 6.07) is 28.2. The van der Waals surface area contributed by atoms with Gasteiger partial charge in [-0.3, -0.25) is 0 Å². The van der Waals surface area contributed by atoms with E-state index >= 15 is 0 Å². The fraction of sp³-hybridized carbons (Fsp3) is 0.357. The summed E-state index contributed by atoms with van der Waals surface area (Å²) in [5.74, 6) is 2.61. The minimum absolute atomic E-state index is 0.0994. The maximum absolute atomic E-state index is 6.38. The standard InChI is InChI=1S/C28H32N2O/c29-19-23-11-8-18-30(20-23)21-28(17-16-22-9-2-1-3-10-22)24-12-4-6-14-26(24)31-27-15-7-5-13-25(27)28/h1-7,9-10,12-15,23H,8,11,16-21,29H2. The first-order valence-electron chi connectivity index (χ1n) is 11.6. The average Bonchev–Trinajstić information content (AvgIpc) is 2.83. The van der Waals surface area contributed by atoms with E-state index in [1.165, 1.54) is 29.5 Å². The lowest BCUT2D eigenvalue weighted by atomic mass is 9.68. The van der Waals surface area contributed by atoms with Crippen LogP contribution in [-0.4, -0.2) is 31.1 Å². The Hall–Kier alpha value is -2.62. The van der Waals surface area contributed by atoms with Crippen molar-refractivity contribution in [3.05, 3.63) is 95.6 Å². The fourth-order valence-corrected chi connectivity index (χ4v) is 5.56. The Labute approximate surface area is 185 Å². The van der Waals surface area contributed by atoms with E-state index in [0.29, 0.717) is 5.92 Å². The zero-order valence-electron chi connectivity index (χ0n) is 18.2. The van der Waals surface area contributed by atoms with Gasteiger partial charge in [0.2, 0.25) is 0 Å². The quantitative estimate of drug-likeness (QED) is 0.591. The Morgan fingerprint density at radius 3 is 2.19 bits per heavy atom. The number of ether oxygens (including phenoxy) is 1. The number of fused-ring (bicyclic) bond motifs is 2. The predicted octanol–water partition coefficient (Wildman–Crippen LogP) is 5.38. The minimum atomic E-state index is -0.0994. The molecule has 0 aliphatic carbocycles. The molecule has 31 heavy (non-hydrogen) atoms. The molecule has 0 spiro atoms. The third-order valence-corrected chi connectivity index (χ3v) is 7.14. The molecular weight excluding hydrogens is 380 g/mol. The molecule has 2 heterocycles. The van der Waals surface area contributed by atoms with Crippen LogP contribution in [0.4, 0.5) is 0 Å². The van der Waals surface area contributed by atoms with Crippen molar-refractivity contribution < 1.29 is 4.74 Å². The largest absolute Gasteiger partial charge is 0.457 e. The van der Waals surface area contributed by atoms with Crippen molar-refractivity contribution in [1.29, 1.82) is 0 Å². The van der Waals surface area contributed by atoms with Crippen LogP contribution in [0.15, 0.2) is 78.9 Å². The van der Waals surface area contributed by atoms with Crippen LogP contribution in [0.3, 0.4) is 0 Å². The smallest absolute Gasteiger partial charge is 0.131 e. The number of para-hydroxylation sites is 2. The highest BCUT2D eigenvalue weighted by Gasteiger charge is 2.43. The lowest BCUT2D eigenvalue weighted by molar-refractivity contribution is 0.144. The molecule has 3 nitrogen and oxygen atoms in total. The summed E-state index contributed by atoms with van der Waals surface area (Å²) in [6.07, 6.45) is 4.58. The molecule has 3 heteroatoms. The highest BCUT2D eigenvalue weighted by Crippen LogP contribution is 2.51. The summed E-state index contributed by atoms with van der Waals surface area (Å²) in [5.41, 5.74) is 10.0. The first-order chi connectivity index (χ1) is 15.3. The Bertz CT molecular complexity index is 971. The van der Waals surface area contributed by atoms with Crippen molar-refractivity contribution >= 4 is 0 Å². The van der Waals surface area contributed by atoms with E-state index in [1.807, 2.05) is 0 Å². The van der Waals surface area contributed by atoms with E-state index in [9.17, 15) is 0 Å². The van der Waals surface area contributed by atoms with Crippen LogP contribution in [-0.2, 0) is 11.8 Å². The highest BCUT2D eigenvalue weighted by atomic mass is 16.5. The number of likely N-dealkylation sites (tertiary alicyclic amines) is 1. The monoisotopic (exact) mass is 412 g/mol. The highest BCUT2D eigenvalue weighted by molar-refractivity contribution is 5.58. The summed E-state index contributed by atoms with van der Waals surface area (Å²) >= 11 is 0. The van der Waals surface area contributed by atoms with Crippen molar-refractivity contribution in [3.8, 4) is 11.5 Å². The zero-order valence-corrected chi connectivity index (χ0v) is 18.2. The van der Waals surface area contributed by atoms with E-state index in [1.54, 1.807) is 0 Å². The van der Waals surface area contributed by atoms with Crippen LogP contribution in [0.2, 0.25) is 0 Å². The van der Waals surface area contributed by atoms with E-state index in [4.69, 9.17) is 10.5 Å². The zero-order chi connectivity index (χ0) is 21.1. The number of hydrogen-bond acceptors (Lipinski definition) is 3. The van der Waals surface area contributed by atoms with Gasteiger partial charge >= 0.3 is 0 Å².